The van der Waals surface area contributed by atoms with Crippen LogP contribution in [0.25, 0.3) is 0 Å². The molecule has 8 aliphatic rings. The van der Waals surface area contributed by atoms with Crippen LogP contribution in [-0.4, -0.2) is 335 Å². The highest BCUT2D eigenvalue weighted by molar-refractivity contribution is 9.09. The van der Waals surface area contributed by atoms with Crippen LogP contribution in [0.5, 0.6) is 0 Å². The van der Waals surface area contributed by atoms with Gasteiger partial charge in [0.1, 0.15) is 6.61 Å². The highest BCUT2D eigenvalue weighted by Crippen LogP contribution is 2.31. The van der Waals surface area contributed by atoms with Crippen LogP contribution in [0.3, 0.4) is 0 Å². The van der Waals surface area contributed by atoms with Gasteiger partial charge in [-0.15, -0.1) is 0 Å². The van der Waals surface area contributed by atoms with Crippen LogP contribution in [0, 0.1) is 65.9 Å². The number of carbonyl (C=O) groups excluding carboxylic acids is 8. The number of amides is 2. The maximum absolute atomic E-state index is 11.7. The molecule has 0 aromatic heterocycles. The van der Waals surface area contributed by atoms with Crippen LogP contribution in [-0.2, 0) is 85.1 Å². The number of nitrogens with one attached hydrogen (secondary N) is 4. The average molecular weight is 2090 g/mol. The predicted molar refractivity (Wildman–Crippen MR) is 567 cm³/mol. The lowest BCUT2D eigenvalue weighted by molar-refractivity contribution is -0.525. The molecule has 11 N–H and O–H groups in total. The first-order chi connectivity index (χ1) is 69.8. The van der Waals surface area contributed by atoms with Crippen molar-refractivity contribution in [3.8, 4) is 0 Å². The number of alkyl halides is 1. The predicted octanol–water partition coefficient (Wildman–Crippen LogP) is 8.63. The average Bonchev–Trinajstić information content (AvgIpc) is 1.72. The molecular weight excluding hydrogens is 1940 g/mol. The molecule has 8 aliphatic heterocycles. The Morgan fingerprint density at radius 3 is 1.22 bits per heavy atom. The first-order valence-corrected chi connectivity index (χ1v) is 50.7. The fourth-order valence-electron chi connectivity index (χ4n) is 17.7. The van der Waals surface area contributed by atoms with Crippen molar-refractivity contribution < 1.29 is 96.8 Å². The third-order valence-electron chi connectivity index (χ3n) is 24.3. The first kappa shape index (κ1) is 127. The number of hydrogen-bond acceptors (Lipinski definition) is 33. The highest BCUT2D eigenvalue weighted by atomic mass is 79.9. The third-order valence-corrected chi connectivity index (χ3v) is 24.7. The van der Waals surface area contributed by atoms with E-state index in [2.05, 4.69) is 120 Å². The van der Waals surface area contributed by atoms with Gasteiger partial charge in [0.2, 0.25) is 34.8 Å². The van der Waals surface area contributed by atoms with E-state index in [4.69, 9.17) is 61.3 Å². The Bertz CT molecular complexity index is 4750. The van der Waals surface area contributed by atoms with Crippen LogP contribution in [0.2, 0.25) is 6.82 Å². The number of nitrogens with zero attached hydrogens (tertiary/aromatic N) is 9. The number of rotatable bonds is 39. The van der Waals surface area contributed by atoms with Gasteiger partial charge in [0, 0.05) is 186 Å². The van der Waals surface area contributed by atoms with Crippen molar-refractivity contribution >= 4 is 86.1 Å². The van der Waals surface area contributed by atoms with E-state index in [1.54, 1.807) is 77.0 Å². The first-order valence-electron chi connectivity index (χ1n) is 49.6. The zero-order valence-corrected chi connectivity index (χ0v) is 86.1. The summed E-state index contributed by atoms with van der Waals surface area (Å²) in [5, 5.41) is 69.0. The molecule has 0 spiro atoms. The lowest BCUT2D eigenvalue weighted by Crippen LogP contribution is -2.46. The summed E-state index contributed by atoms with van der Waals surface area (Å²) in [5.41, 5.74) is 18.4. The van der Waals surface area contributed by atoms with Gasteiger partial charge in [0.15, 0.2) is 18.2 Å². The molecule has 8 saturated heterocycles. The highest BCUT2D eigenvalue weighted by Gasteiger charge is 2.44. The Morgan fingerprint density at radius 1 is 0.459 bits per heavy atom. The number of allylic oxidation sites excluding steroid dienone is 1. The molecule has 14 atom stereocenters. The largest absolute Gasteiger partial charge is 0.466 e. The molecule has 14 rings (SSSR count). The fraction of sp³-hybridized carbons (Fsp3) is 0.538. The Kier molecular flexibility index (Phi) is 65.1. The summed E-state index contributed by atoms with van der Waals surface area (Å²) >= 11 is 3.13. The van der Waals surface area contributed by atoms with E-state index in [1.807, 2.05) is 115 Å². The van der Waals surface area contributed by atoms with Gasteiger partial charge >= 0.3 is 42.9 Å². The normalized spacial score (nSPS) is 21.6. The molecule has 6 aromatic carbocycles. The number of fused-ring (bicyclic) bond motifs is 4. The molecule has 2 amide bonds. The van der Waals surface area contributed by atoms with Crippen molar-refractivity contribution in [2.75, 3.05) is 169 Å². The lowest BCUT2D eigenvalue weighted by atomic mass is 9.84. The van der Waals surface area contributed by atoms with E-state index in [9.17, 15) is 68.7 Å². The molecule has 8 heterocycles. The number of aliphatic hydroxyl groups is 2. The number of benzene rings is 6. The number of likely N-dealkylation sites (tertiary alicyclic amines) is 4. The number of halogens is 1. The van der Waals surface area contributed by atoms with E-state index < -0.39 is 33.5 Å². The second kappa shape index (κ2) is 74.7. The number of piperidine rings is 2. The van der Waals surface area contributed by atoms with Crippen molar-refractivity contribution in [1.29, 1.82) is 0 Å². The number of nitro groups is 3. The number of carbonyl (C=O) groups is 8. The quantitative estimate of drug-likeness (QED) is 0.00255. The maximum Gasteiger partial charge on any atom is 0.373 e. The minimum atomic E-state index is -0.696. The lowest BCUT2D eigenvalue weighted by Gasteiger charge is -2.23. The molecule has 8 fully saturated rings. The molecule has 0 saturated carbocycles. The monoisotopic (exact) mass is 2090 g/mol. The summed E-state index contributed by atoms with van der Waals surface area (Å²) in [6.07, 6.45) is 10.5. The van der Waals surface area contributed by atoms with Crippen LogP contribution in [0.15, 0.2) is 206 Å². The molecule has 4 radical (unpaired) electrons. The second-order valence-corrected chi connectivity index (χ2v) is 36.3. The van der Waals surface area contributed by atoms with Crippen LogP contribution >= 0.6 is 15.9 Å². The number of esters is 6. The van der Waals surface area contributed by atoms with Crippen molar-refractivity contribution in [1.82, 2.24) is 50.6 Å². The second-order valence-electron chi connectivity index (χ2n) is 35.7. The zero-order valence-electron chi connectivity index (χ0n) is 84.5. The fourth-order valence-corrected chi connectivity index (χ4v) is 17.9. The van der Waals surface area contributed by atoms with Crippen molar-refractivity contribution in [2.45, 2.75) is 156 Å². The molecule has 146 heavy (non-hydrogen) atoms. The Balaban J connectivity index is 0.000000344. The Labute approximate surface area is 871 Å². The number of ether oxygens (including phenoxy) is 6. The molecule has 0 aliphatic carbocycles. The number of aliphatic hydroxyl groups excluding tert-OH is 2. The van der Waals surface area contributed by atoms with Crippen LogP contribution in [0.4, 0.5) is 9.59 Å². The van der Waals surface area contributed by atoms with Crippen molar-refractivity contribution in [3.05, 3.63) is 270 Å². The Hall–Kier alpha value is -11.1. The molecule has 4 bridgehead atoms. The molecule has 6 aromatic rings. The van der Waals surface area contributed by atoms with Gasteiger partial charge in [-0.3, -0.25) is 73.9 Å². The number of hydrogen-bond donors (Lipinski definition) is 9. The summed E-state index contributed by atoms with van der Waals surface area (Å²) in [4.78, 5) is 132. The summed E-state index contributed by atoms with van der Waals surface area (Å²) in [6, 6.07) is 59.3. The minimum absolute atomic E-state index is 0. The van der Waals surface area contributed by atoms with E-state index in [-0.39, 0.29) is 130 Å². The zero-order chi connectivity index (χ0) is 106. The van der Waals surface area contributed by atoms with Gasteiger partial charge in [0.05, 0.1) is 70.3 Å². The standard InChI is InChI=1S/C16H21BN2O3.C15H20N2O4.C15H22N2O2.C14H19BN2O2.C13H17NO2.C9H9NO4.C7H15BN2O.C6H9BrO2.C6H12N2.C2H5NO3.CH4/c1-2-22-15(20)8-13-10-19(11-14(13)18-16(17)21)9-12-6-4-3-5-7-12;1-2-21-15(18)8-13-10-16(11-14(13)17(19)20)9-12-6-4-3-5-7-12;1-2-19-15(18)8-13-10-17(11-14(13)16)9-12-6-4-3-5-7-12;15-14(19)16-13-10-17(9-12(13)6-7-18)8-11-4-2-1-3-5-11;1-2-16-13(15)9-6-10-14-11-12-7-4-3-5-8-12;11-9(14-7-6-10(12)13)8-4-2-1-3-5-8;1-8(11)9-7-5-10-3-2-6(7)4-10;1-2-9-6(8)4-3-5-7;7-6-4-8-2-1-5(6)3-8;4-2-1-3(5)6;/h3-7,13-14H,2,8-11H2,1H3,(H,18,21);3-7,13-14H,2,8-11H2,1H3;3-7,13-14H,2,8-11,16H2,1H3;1-5,12-13,18H,6-10H2,(H,16,19);3-9,14H,2,10-11H2,1H3;1-5H,6-7H2;6-7,9,11H,2-5H2,1H3;3-4H,2,5H2,1H3;5-6H,1-4,7H2;4H,1-2H2;1H4/b;;;;9-6+;;;;;;/t3*13-,14-;12-,13-;;;;;;;/m0000......./s1. The van der Waals surface area contributed by atoms with Crippen molar-refractivity contribution in [3.63, 3.8) is 0 Å². The molecule has 38 nitrogen and oxygen atoms in total. The van der Waals surface area contributed by atoms with Gasteiger partial charge in [0.25, 0.3) is 0 Å². The van der Waals surface area contributed by atoms with E-state index >= 15 is 0 Å². The van der Waals surface area contributed by atoms with E-state index in [1.165, 1.54) is 73.4 Å². The summed E-state index contributed by atoms with van der Waals surface area (Å²) in [6.45, 7) is 29.3. The van der Waals surface area contributed by atoms with Crippen molar-refractivity contribution in [2.24, 2.45) is 47.0 Å². The topological polar surface area (TPSA) is 502 Å². The molecule has 6 unspecified atom stereocenters. The summed E-state index contributed by atoms with van der Waals surface area (Å²) in [7, 11) is 10.1. The smallest absolute Gasteiger partial charge is 0.373 e. The molecular formula is C104H153B3BrN15O23. The van der Waals surface area contributed by atoms with Crippen LogP contribution < -0.4 is 32.6 Å². The summed E-state index contributed by atoms with van der Waals surface area (Å²) < 4.78 is 28.9. The minimum Gasteiger partial charge on any atom is -0.466 e. The van der Waals surface area contributed by atoms with Gasteiger partial charge in [-0.05, 0) is 137 Å². The summed E-state index contributed by atoms with van der Waals surface area (Å²) in [5.74, 6) is -1.00. The van der Waals surface area contributed by atoms with Gasteiger partial charge in [-0.25, -0.2) is 14.4 Å². The van der Waals surface area contributed by atoms with Gasteiger partial charge in [-0.1, -0.05) is 205 Å². The SMILES string of the molecule is C.CB(O)NC1CN2CCC1C2.CCOC(=O)/C=C/CNCc1ccccc1.CCOC(=O)C=CCBr.CCOC(=O)C[C@H]1CN(Cc2ccccc2)C[C@@H]1N.CCOC(=O)C[C@H]1CN(Cc2ccccc2)C[C@@H]1[N+](=O)[O-].NC1CN2CCC1C2.O=C(OCC[N+](=O)[O-])c1ccccc1.O=[N+]([O-])CCO.[B]C(=O)N[C@H]1CN(Cc2ccccc2)C[C@@H]1CC(=O)OCC.[B]C(=O)N[C@H]1CN(Cc2ccccc2)C[C@@H]1CCO. The number of nitrogens with two attached hydrogens (primary N) is 2. The van der Waals surface area contributed by atoms with Gasteiger partial charge in [-0.2, -0.15) is 0 Å². The third kappa shape index (κ3) is 54.5. The van der Waals surface area contributed by atoms with E-state index in [0.717, 1.165) is 89.4 Å². The Morgan fingerprint density at radius 2 is 0.849 bits per heavy atom. The molecule has 42 heteroatoms. The van der Waals surface area contributed by atoms with E-state index in [0.29, 0.717) is 108 Å². The molecule has 798 valence electrons. The van der Waals surface area contributed by atoms with Gasteiger partial charge < -0.3 is 86.1 Å². The van der Waals surface area contributed by atoms with Crippen LogP contribution in [0.1, 0.15) is 119 Å². The maximum atomic E-state index is 11.7.